The summed E-state index contributed by atoms with van der Waals surface area (Å²) in [6, 6.07) is 19.6. The molecule has 0 radical (unpaired) electrons. The summed E-state index contributed by atoms with van der Waals surface area (Å²) in [7, 11) is 1.92. The van der Waals surface area contributed by atoms with Crippen LogP contribution < -0.4 is 4.57 Å². The first-order valence-corrected chi connectivity index (χ1v) is 10.3. The van der Waals surface area contributed by atoms with E-state index < -0.39 is 12.7 Å². The van der Waals surface area contributed by atoms with Crippen molar-refractivity contribution in [3.63, 3.8) is 0 Å². The molecule has 1 atom stereocenters. The molecule has 1 unspecified atom stereocenters. The summed E-state index contributed by atoms with van der Waals surface area (Å²) in [5.41, 5.74) is 4.53. The summed E-state index contributed by atoms with van der Waals surface area (Å²) in [6.45, 7) is 1.02. The molecule has 0 saturated carbocycles. The molecule has 0 bridgehead atoms. The molecule has 6 rings (SSSR count). The van der Waals surface area contributed by atoms with Gasteiger partial charge >= 0.3 is 0 Å². The average molecular weight is 411 g/mol. The van der Waals surface area contributed by atoms with Crippen molar-refractivity contribution in [3.05, 3.63) is 78.0 Å². The van der Waals surface area contributed by atoms with Gasteiger partial charge in [-0.2, -0.15) is 0 Å². The lowest BCUT2D eigenvalue weighted by Crippen LogP contribution is -2.31. The number of pyridine rings is 1. The van der Waals surface area contributed by atoms with Crippen molar-refractivity contribution in [2.75, 3.05) is 0 Å². The van der Waals surface area contributed by atoms with Crippen molar-refractivity contribution in [1.82, 2.24) is 0 Å². The first-order valence-electron chi connectivity index (χ1n) is 12.3. The summed E-state index contributed by atoms with van der Waals surface area (Å²) in [4.78, 5) is 0. The van der Waals surface area contributed by atoms with Gasteiger partial charge in [-0.1, -0.05) is 56.2 Å². The fourth-order valence-corrected chi connectivity index (χ4v) is 4.71. The Hall–Kier alpha value is -3.59. The number of fused-ring (bicyclic) bond motifs is 7. The second-order valence-electron chi connectivity index (χ2n) is 8.15. The van der Waals surface area contributed by atoms with Crippen molar-refractivity contribution >= 4 is 43.9 Å². The fraction of sp³-hybridized carbons (Fsp3) is 0.179. The molecule has 0 spiro atoms. The Morgan fingerprint density at radius 1 is 0.935 bits per heavy atom. The van der Waals surface area contributed by atoms with E-state index in [1.54, 1.807) is 12.1 Å². The number of aromatic nitrogens is 1. The fourth-order valence-electron chi connectivity index (χ4n) is 4.71. The summed E-state index contributed by atoms with van der Waals surface area (Å²) in [6.07, 6.45) is 1.81. The van der Waals surface area contributed by atoms with Gasteiger partial charge in [-0.05, 0) is 40.8 Å². The van der Waals surface area contributed by atoms with Gasteiger partial charge < -0.3 is 8.83 Å². The van der Waals surface area contributed by atoms with Crippen LogP contribution in [0.2, 0.25) is 0 Å². The topological polar surface area (TPSA) is 30.2 Å². The third-order valence-corrected chi connectivity index (χ3v) is 6.28. The number of hydrogen-bond donors (Lipinski definition) is 0. The van der Waals surface area contributed by atoms with E-state index in [2.05, 4.69) is 19.1 Å². The van der Waals surface area contributed by atoms with Gasteiger partial charge in [-0.25, -0.2) is 4.57 Å². The minimum Gasteiger partial charge on any atom is -0.425 e. The predicted molar refractivity (Wildman–Crippen MR) is 126 cm³/mol. The van der Waals surface area contributed by atoms with E-state index >= 15 is 0 Å². The van der Waals surface area contributed by atoms with Crippen LogP contribution in [0.25, 0.3) is 55.1 Å². The SMILES string of the molecule is [2H]C([2H])([2H])C([2H])(C)c1cc[n+](C)c(-c2c(C)c3ccccc3c3c2oc2oc4ccccc4c23)c1. The highest BCUT2D eigenvalue weighted by Crippen LogP contribution is 2.45. The molecule has 3 aromatic carbocycles. The Labute approximate surface area is 186 Å². The van der Waals surface area contributed by atoms with Crippen LogP contribution in [-0.2, 0) is 7.05 Å². The Morgan fingerprint density at radius 3 is 2.48 bits per heavy atom. The van der Waals surface area contributed by atoms with Gasteiger partial charge in [0.25, 0.3) is 5.78 Å². The lowest BCUT2D eigenvalue weighted by Gasteiger charge is -2.12. The zero-order valence-electron chi connectivity index (χ0n) is 21.6. The maximum absolute atomic E-state index is 8.64. The van der Waals surface area contributed by atoms with E-state index in [1.165, 1.54) is 6.92 Å². The van der Waals surface area contributed by atoms with Gasteiger partial charge in [0.1, 0.15) is 12.6 Å². The van der Waals surface area contributed by atoms with E-state index in [1.807, 2.05) is 54.2 Å². The Bertz CT molecular complexity index is 1790. The summed E-state index contributed by atoms with van der Waals surface area (Å²) in [5, 5.41) is 5.04. The molecule has 3 heteroatoms. The van der Waals surface area contributed by atoms with Gasteiger partial charge in [0, 0.05) is 28.4 Å². The summed E-state index contributed by atoms with van der Waals surface area (Å²) >= 11 is 0. The largest absolute Gasteiger partial charge is 0.425 e. The Balaban J connectivity index is 1.78. The molecule has 0 N–H and O–H groups in total. The number of benzene rings is 3. The van der Waals surface area contributed by atoms with E-state index in [-0.39, 0.29) is 0 Å². The van der Waals surface area contributed by atoms with Gasteiger partial charge in [-0.3, -0.25) is 0 Å². The molecule has 0 aliphatic rings. The molecule has 31 heavy (non-hydrogen) atoms. The van der Waals surface area contributed by atoms with E-state index in [4.69, 9.17) is 14.3 Å². The Kier molecular flexibility index (Phi) is 3.00. The second kappa shape index (κ2) is 6.45. The summed E-state index contributed by atoms with van der Waals surface area (Å²) < 4.78 is 46.9. The highest BCUT2D eigenvalue weighted by molar-refractivity contribution is 6.28. The standard InChI is InChI=1S/C28H24NO2/c1-16(2)18-13-14-29(4)22(15-18)24-17(3)19-9-5-6-10-20(19)25-26-21-11-7-8-12-23(21)30-28(26)31-27(24)25/h5-16H,1-4H3/q+1/i1D3,16D. The average Bonchev–Trinajstić information content (AvgIpc) is 3.35. The molecule has 3 heterocycles. The van der Waals surface area contributed by atoms with Crippen LogP contribution in [0, 0.1) is 6.92 Å². The molecule has 0 fully saturated rings. The molecule has 3 aromatic heterocycles. The monoisotopic (exact) mass is 410 g/mol. The normalized spacial score (nSPS) is 16.4. The van der Waals surface area contributed by atoms with Crippen molar-refractivity contribution in [1.29, 1.82) is 0 Å². The molecular weight excluding hydrogens is 382 g/mol. The number of aryl methyl sites for hydroxylation is 2. The first-order chi connectivity index (χ1) is 16.6. The number of para-hydroxylation sites is 1. The van der Waals surface area contributed by atoms with Crippen LogP contribution in [-0.4, -0.2) is 0 Å². The van der Waals surface area contributed by atoms with E-state index in [9.17, 15) is 0 Å². The lowest BCUT2D eigenvalue weighted by atomic mass is 9.92. The van der Waals surface area contributed by atoms with Crippen LogP contribution >= 0.6 is 0 Å². The first kappa shape index (κ1) is 14.4. The molecular formula is C28H24NO2+. The number of furan rings is 2. The predicted octanol–water partition coefficient (Wildman–Crippen LogP) is 7.41. The van der Waals surface area contributed by atoms with Crippen LogP contribution in [0.5, 0.6) is 0 Å². The van der Waals surface area contributed by atoms with Crippen molar-refractivity contribution < 1.29 is 18.9 Å². The molecule has 0 aliphatic heterocycles. The molecule has 0 aliphatic carbocycles. The zero-order valence-corrected chi connectivity index (χ0v) is 17.6. The van der Waals surface area contributed by atoms with Crippen LogP contribution in [0.3, 0.4) is 0 Å². The van der Waals surface area contributed by atoms with E-state index in [0.29, 0.717) is 16.9 Å². The third kappa shape index (κ3) is 2.50. The number of hydrogen-bond acceptors (Lipinski definition) is 2. The van der Waals surface area contributed by atoms with Crippen molar-refractivity contribution in [3.8, 4) is 11.3 Å². The van der Waals surface area contributed by atoms with Gasteiger partial charge in [-0.15, -0.1) is 0 Å². The Morgan fingerprint density at radius 2 is 1.68 bits per heavy atom. The summed E-state index contributed by atoms with van der Waals surface area (Å²) in [5.74, 6) is -1.29. The van der Waals surface area contributed by atoms with Gasteiger partial charge in [0.05, 0.1) is 10.9 Å². The van der Waals surface area contributed by atoms with Crippen molar-refractivity contribution in [2.45, 2.75) is 26.6 Å². The van der Waals surface area contributed by atoms with Gasteiger partial charge in [0.2, 0.25) is 5.69 Å². The number of rotatable bonds is 2. The maximum Gasteiger partial charge on any atom is 0.299 e. The highest BCUT2D eigenvalue weighted by atomic mass is 16.5. The van der Waals surface area contributed by atoms with Crippen LogP contribution in [0.1, 0.15) is 36.3 Å². The molecule has 152 valence electrons. The number of nitrogens with zero attached hydrogens (tertiary/aromatic N) is 1. The maximum atomic E-state index is 8.64. The van der Waals surface area contributed by atoms with E-state index in [0.717, 1.165) is 49.3 Å². The third-order valence-electron chi connectivity index (χ3n) is 6.28. The highest BCUT2D eigenvalue weighted by Gasteiger charge is 2.26. The van der Waals surface area contributed by atoms with Gasteiger partial charge in [0.15, 0.2) is 11.8 Å². The smallest absolute Gasteiger partial charge is 0.299 e. The van der Waals surface area contributed by atoms with Crippen LogP contribution in [0.15, 0.2) is 75.7 Å². The van der Waals surface area contributed by atoms with Crippen LogP contribution in [0.4, 0.5) is 0 Å². The lowest BCUT2D eigenvalue weighted by molar-refractivity contribution is -0.660. The molecule has 0 saturated heterocycles. The minimum absolute atomic E-state index is 0.423. The minimum atomic E-state index is -2.47. The second-order valence-corrected chi connectivity index (χ2v) is 8.15. The molecule has 3 nitrogen and oxygen atoms in total. The van der Waals surface area contributed by atoms with Crippen molar-refractivity contribution in [2.24, 2.45) is 7.05 Å². The quantitative estimate of drug-likeness (QED) is 0.278. The molecule has 6 aromatic rings. The zero-order chi connectivity index (χ0) is 24.7. The molecule has 0 amide bonds.